The molecule has 0 heterocycles. The van der Waals surface area contributed by atoms with Crippen molar-refractivity contribution in [2.75, 3.05) is 0 Å². The van der Waals surface area contributed by atoms with Gasteiger partial charge in [0, 0.05) is 6.92 Å². The standard InChI is InChI=1S/C13H16N2O3S/c1-9(16)12(15-14)19(17,18)11-7-5-10(6-8-11)13(2,3)4/h5-8H,1-4H3. The van der Waals surface area contributed by atoms with Crippen LogP contribution in [0.4, 0.5) is 0 Å². The zero-order chi connectivity index (χ0) is 14.8. The molecule has 0 aliphatic rings. The van der Waals surface area contributed by atoms with E-state index in [9.17, 15) is 13.2 Å². The number of carbonyl (C=O) groups excluding carboxylic acids is 1. The highest BCUT2D eigenvalue weighted by atomic mass is 32.2. The van der Waals surface area contributed by atoms with Crippen LogP contribution in [0, 0.1) is 0 Å². The van der Waals surface area contributed by atoms with Crippen molar-refractivity contribution in [2.24, 2.45) is 0 Å². The van der Waals surface area contributed by atoms with Crippen molar-refractivity contribution in [3.63, 3.8) is 0 Å². The molecule has 0 aliphatic heterocycles. The molecule has 1 rings (SSSR count). The first-order chi connectivity index (χ1) is 8.60. The molecule has 1 aromatic rings. The minimum atomic E-state index is -4.06. The number of nitrogens with zero attached hydrogens (tertiary/aromatic N) is 2. The molecule has 0 bridgehead atoms. The minimum absolute atomic E-state index is 0.0662. The molecule has 6 heteroatoms. The summed E-state index contributed by atoms with van der Waals surface area (Å²) in [4.78, 5) is 13.7. The van der Waals surface area contributed by atoms with Crippen molar-refractivity contribution < 1.29 is 18.0 Å². The lowest BCUT2D eigenvalue weighted by Gasteiger charge is -2.18. The summed E-state index contributed by atoms with van der Waals surface area (Å²) in [6.45, 7) is 7.06. The van der Waals surface area contributed by atoms with E-state index in [1.807, 2.05) is 20.8 Å². The number of carbonyl (C=O) groups is 1. The Labute approximate surface area is 112 Å². The van der Waals surface area contributed by atoms with Gasteiger partial charge < -0.3 is 5.53 Å². The average Bonchev–Trinajstić information content (AvgIpc) is 2.28. The molecule has 0 saturated carbocycles. The van der Waals surface area contributed by atoms with Gasteiger partial charge >= 0.3 is 5.04 Å². The van der Waals surface area contributed by atoms with Crippen LogP contribution < -0.4 is 0 Å². The fourth-order valence-corrected chi connectivity index (χ4v) is 2.76. The van der Waals surface area contributed by atoms with Crippen molar-refractivity contribution in [1.29, 1.82) is 0 Å². The van der Waals surface area contributed by atoms with E-state index in [4.69, 9.17) is 5.53 Å². The lowest BCUT2D eigenvalue weighted by Crippen LogP contribution is -2.23. The first-order valence-electron chi connectivity index (χ1n) is 5.69. The molecular formula is C13H16N2O3S. The van der Waals surface area contributed by atoms with Gasteiger partial charge in [-0.3, -0.25) is 4.79 Å². The van der Waals surface area contributed by atoms with Crippen LogP contribution >= 0.6 is 0 Å². The molecule has 102 valence electrons. The molecule has 0 fully saturated rings. The van der Waals surface area contributed by atoms with Gasteiger partial charge in [0.1, 0.15) is 0 Å². The summed E-state index contributed by atoms with van der Waals surface area (Å²) in [5, 5.41) is -0.851. The maximum absolute atomic E-state index is 12.1. The van der Waals surface area contributed by atoms with E-state index in [2.05, 4.69) is 4.79 Å². The summed E-state index contributed by atoms with van der Waals surface area (Å²) < 4.78 is 24.1. The molecule has 19 heavy (non-hydrogen) atoms. The van der Waals surface area contributed by atoms with Crippen molar-refractivity contribution >= 4 is 20.7 Å². The highest BCUT2D eigenvalue weighted by molar-refractivity contribution is 8.08. The van der Waals surface area contributed by atoms with Gasteiger partial charge in [-0.1, -0.05) is 32.9 Å². The van der Waals surface area contributed by atoms with Crippen molar-refractivity contribution in [3.8, 4) is 0 Å². The Morgan fingerprint density at radius 3 is 1.95 bits per heavy atom. The van der Waals surface area contributed by atoms with Gasteiger partial charge in [-0.2, -0.15) is 0 Å². The van der Waals surface area contributed by atoms with E-state index >= 15 is 0 Å². The number of hydrogen-bond acceptors (Lipinski definition) is 3. The summed E-state index contributed by atoms with van der Waals surface area (Å²) in [5.74, 6) is -0.803. The van der Waals surface area contributed by atoms with Gasteiger partial charge in [-0.25, -0.2) is 8.42 Å². The van der Waals surface area contributed by atoms with Crippen LogP contribution in [0.3, 0.4) is 0 Å². The Hall–Kier alpha value is -1.78. The van der Waals surface area contributed by atoms with Crippen LogP contribution in [0.25, 0.3) is 5.53 Å². The third-order valence-electron chi connectivity index (χ3n) is 2.68. The molecule has 0 aromatic heterocycles. The molecule has 0 atom stereocenters. The zero-order valence-electron chi connectivity index (χ0n) is 11.3. The quantitative estimate of drug-likeness (QED) is 0.359. The smallest absolute Gasteiger partial charge is 0.360 e. The molecular weight excluding hydrogens is 264 g/mol. The number of hydrogen-bond donors (Lipinski definition) is 0. The predicted octanol–water partition coefficient (Wildman–Crippen LogP) is 1.98. The van der Waals surface area contributed by atoms with Gasteiger partial charge in [0.05, 0.1) is 4.90 Å². The third-order valence-corrected chi connectivity index (χ3v) is 4.45. The lowest BCUT2D eigenvalue weighted by atomic mass is 9.87. The fraction of sp³-hybridized carbons (Fsp3) is 0.385. The summed E-state index contributed by atoms with van der Waals surface area (Å²) in [5.41, 5.74) is 9.53. The lowest BCUT2D eigenvalue weighted by molar-refractivity contribution is -0.114. The van der Waals surface area contributed by atoms with E-state index in [-0.39, 0.29) is 10.3 Å². The van der Waals surface area contributed by atoms with E-state index in [1.54, 1.807) is 12.1 Å². The molecule has 0 unspecified atom stereocenters. The monoisotopic (exact) mass is 280 g/mol. The van der Waals surface area contributed by atoms with Crippen LogP contribution in [0.1, 0.15) is 33.3 Å². The summed E-state index contributed by atoms with van der Waals surface area (Å²) >= 11 is 0. The van der Waals surface area contributed by atoms with Gasteiger partial charge in [0.2, 0.25) is 0 Å². The molecule has 0 N–H and O–H groups in total. The van der Waals surface area contributed by atoms with Gasteiger partial charge in [-0.15, -0.1) is 4.79 Å². The van der Waals surface area contributed by atoms with E-state index in [0.717, 1.165) is 12.5 Å². The molecule has 0 saturated heterocycles. The van der Waals surface area contributed by atoms with Crippen LogP contribution in [-0.4, -0.2) is 24.0 Å². The molecule has 5 nitrogen and oxygen atoms in total. The number of ketones is 1. The molecule has 0 aliphatic carbocycles. The number of sulfone groups is 1. The van der Waals surface area contributed by atoms with Crippen LogP contribution in [0.5, 0.6) is 0 Å². The van der Waals surface area contributed by atoms with E-state index in [1.165, 1.54) is 12.1 Å². The Bertz CT molecular complexity index is 646. The Morgan fingerprint density at radius 1 is 1.16 bits per heavy atom. The van der Waals surface area contributed by atoms with Gasteiger partial charge in [-0.05, 0) is 23.1 Å². The maximum Gasteiger partial charge on any atom is 0.451 e. The number of benzene rings is 1. The first-order valence-corrected chi connectivity index (χ1v) is 7.17. The Balaban J connectivity index is 3.33. The third kappa shape index (κ3) is 3.16. The number of Topliss-reactive ketones (excluding diaryl/α,β-unsaturated/α-hetero) is 1. The average molecular weight is 280 g/mol. The first kappa shape index (κ1) is 15.3. The van der Waals surface area contributed by atoms with Gasteiger partial charge in [0.15, 0.2) is 0 Å². The second-order valence-corrected chi connectivity index (χ2v) is 7.10. The SMILES string of the molecule is CC(=O)C(=[N+]=[N-])S(=O)(=O)c1ccc(C(C)(C)C)cc1. The van der Waals surface area contributed by atoms with Gasteiger partial charge in [0.25, 0.3) is 15.6 Å². The summed E-state index contributed by atoms with van der Waals surface area (Å²) in [6, 6.07) is 6.18. The largest absolute Gasteiger partial charge is 0.451 e. The zero-order valence-corrected chi connectivity index (χ0v) is 12.2. The second-order valence-electron chi connectivity index (χ2n) is 5.24. The minimum Gasteiger partial charge on any atom is -0.360 e. The van der Waals surface area contributed by atoms with Crippen molar-refractivity contribution in [1.82, 2.24) is 0 Å². The van der Waals surface area contributed by atoms with Crippen LogP contribution in [0.15, 0.2) is 29.2 Å². The molecule has 0 amide bonds. The van der Waals surface area contributed by atoms with Crippen LogP contribution in [-0.2, 0) is 20.0 Å². The Morgan fingerprint density at radius 2 is 1.63 bits per heavy atom. The normalized spacial score (nSPS) is 11.8. The molecule has 0 radical (unpaired) electrons. The van der Waals surface area contributed by atoms with E-state index in [0.29, 0.717) is 0 Å². The Kier molecular flexibility index (Phi) is 4.08. The molecule has 1 aromatic carbocycles. The maximum atomic E-state index is 12.1. The second kappa shape index (κ2) is 5.07. The molecule has 0 spiro atoms. The highest BCUT2D eigenvalue weighted by Crippen LogP contribution is 2.23. The fourth-order valence-electron chi connectivity index (χ4n) is 1.56. The van der Waals surface area contributed by atoms with E-state index < -0.39 is 20.7 Å². The van der Waals surface area contributed by atoms with Crippen molar-refractivity contribution in [3.05, 3.63) is 35.4 Å². The predicted molar refractivity (Wildman–Crippen MR) is 71.6 cm³/mol. The summed E-state index contributed by atoms with van der Waals surface area (Å²) in [7, 11) is -4.06. The van der Waals surface area contributed by atoms with Crippen LogP contribution in [0.2, 0.25) is 0 Å². The summed E-state index contributed by atoms with van der Waals surface area (Å²) in [6.07, 6.45) is 0. The number of rotatable bonds is 2. The highest BCUT2D eigenvalue weighted by Gasteiger charge is 2.34. The topological polar surface area (TPSA) is 87.6 Å². The van der Waals surface area contributed by atoms with Crippen molar-refractivity contribution in [2.45, 2.75) is 38.0 Å².